The zero-order valence-electron chi connectivity index (χ0n) is 11.7. The van der Waals surface area contributed by atoms with Gasteiger partial charge in [-0.05, 0) is 36.5 Å². The van der Waals surface area contributed by atoms with Gasteiger partial charge in [0.1, 0.15) is 0 Å². The van der Waals surface area contributed by atoms with Gasteiger partial charge >= 0.3 is 5.97 Å². The first-order valence-corrected chi connectivity index (χ1v) is 8.00. The van der Waals surface area contributed by atoms with Gasteiger partial charge in [-0.3, -0.25) is 0 Å². The van der Waals surface area contributed by atoms with Crippen molar-refractivity contribution in [2.75, 3.05) is 13.1 Å². The lowest BCUT2D eigenvalue weighted by Crippen LogP contribution is -2.41. The molecule has 0 amide bonds. The molecule has 1 aliphatic rings. The molecule has 5 nitrogen and oxygen atoms in total. The van der Waals surface area contributed by atoms with Crippen molar-refractivity contribution in [3.05, 3.63) is 29.8 Å². The Hall–Kier alpha value is -1.40. The van der Waals surface area contributed by atoms with E-state index < -0.39 is 16.0 Å². The Morgan fingerprint density at radius 3 is 2.40 bits per heavy atom. The van der Waals surface area contributed by atoms with Crippen molar-refractivity contribution < 1.29 is 18.3 Å². The molecule has 20 heavy (non-hydrogen) atoms. The van der Waals surface area contributed by atoms with Gasteiger partial charge in [0.15, 0.2) is 0 Å². The molecule has 1 aliphatic heterocycles. The molecule has 0 radical (unpaired) electrons. The van der Waals surface area contributed by atoms with Crippen LogP contribution >= 0.6 is 0 Å². The van der Waals surface area contributed by atoms with Crippen LogP contribution in [0.3, 0.4) is 0 Å². The number of nitrogens with zero attached hydrogens (tertiary/aromatic N) is 1. The van der Waals surface area contributed by atoms with Gasteiger partial charge in [-0.2, -0.15) is 4.31 Å². The van der Waals surface area contributed by atoms with Crippen LogP contribution in [-0.2, 0) is 10.0 Å². The highest BCUT2D eigenvalue weighted by atomic mass is 32.2. The average Bonchev–Trinajstić information content (AvgIpc) is 2.38. The number of aromatic carboxylic acids is 1. The number of carbonyl (C=O) groups is 1. The molecule has 110 valence electrons. The Kier molecular flexibility index (Phi) is 3.88. The second-order valence-electron chi connectivity index (χ2n) is 5.90. The topological polar surface area (TPSA) is 74.7 Å². The van der Waals surface area contributed by atoms with Crippen molar-refractivity contribution in [3.63, 3.8) is 0 Å². The molecule has 0 aliphatic carbocycles. The third-order valence-electron chi connectivity index (χ3n) is 3.79. The second-order valence-corrected chi connectivity index (χ2v) is 7.84. The molecule has 0 bridgehead atoms. The predicted octanol–water partition coefficient (Wildman–Crippen LogP) is 2.20. The maximum Gasteiger partial charge on any atom is 0.335 e. The van der Waals surface area contributed by atoms with Gasteiger partial charge in [-0.1, -0.05) is 19.9 Å². The molecule has 0 saturated carbocycles. The molecule has 0 spiro atoms. The molecule has 1 aromatic rings. The summed E-state index contributed by atoms with van der Waals surface area (Å²) in [6.45, 7) is 5.21. The highest BCUT2D eigenvalue weighted by molar-refractivity contribution is 7.89. The van der Waals surface area contributed by atoms with Crippen molar-refractivity contribution in [2.24, 2.45) is 5.41 Å². The molecule has 2 rings (SSSR count). The smallest absolute Gasteiger partial charge is 0.335 e. The maximum atomic E-state index is 12.5. The van der Waals surface area contributed by atoms with E-state index in [2.05, 4.69) is 13.8 Å². The first-order valence-electron chi connectivity index (χ1n) is 6.56. The number of piperidine rings is 1. The van der Waals surface area contributed by atoms with Crippen LogP contribution in [0.4, 0.5) is 0 Å². The fourth-order valence-corrected chi connectivity index (χ4v) is 3.76. The van der Waals surface area contributed by atoms with Gasteiger partial charge in [0.2, 0.25) is 10.0 Å². The van der Waals surface area contributed by atoms with E-state index >= 15 is 0 Å². The number of carboxylic acids is 1. The zero-order chi connectivity index (χ0) is 15.0. The normalized spacial score (nSPS) is 19.7. The van der Waals surface area contributed by atoms with Gasteiger partial charge in [0.05, 0.1) is 10.5 Å². The summed E-state index contributed by atoms with van der Waals surface area (Å²) < 4.78 is 26.5. The monoisotopic (exact) mass is 297 g/mol. The molecular weight excluding hydrogens is 278 g/mol. The van der Waals surface area contributed by atoms with Crippen LogP contribution in [0.1, 0.15) is 37.0 Å². The summed E-state index contributed by atoms with van der Waals surface area (Å²) in [4.78, 5) is 11.0. The summed E-state index contributed by atoms with van der Waals surface area (Å²) in [5.74, 6) is -1.12. The lowest BCUT2D eigenvalue weighted by atomic mass is 9.83. The molecule has 0 aromatic heterocycles. The molecule has 1 heterocycles. The number of benzene rings is 1. The minimum atomic E-state index is -3.60. The number of carboxylic acid groups (broad SMARTS) is 1. The molecule has 1 fully saturated rings. The first kappa shape index (κ1) is 15.0. The molecule has 1 N–H and O–H groups in total. The first-order chi connectivity index (χ1) is 9.22. The molecule has 1 aromatic carbocycles. The SMILES string of the molecule is CC1(C)CCN(S(=O)(=O)c2cccc(C(=O)O)c2)CC1. The molecule has 6 heteroatoms. The summed E-state index contributed by atoms with van der Waals surface area (Å²) in [6.07, 6.45) is 1.62. The van der Waals surface area contributed by atoms with E-state index in [0.717, 1.165) is 12.8 Å². The Morgan fingerprint density at radius 2 is 1.85 bits per heavy atom. The molecule has 1 saturated heterocycles. The van der Waals surface area contributed by atoms with Crippen molar-refractivity contribution in [2.45, 2.75) is 31.6 Å². The number of sulfonamides is 1. The van der Waals surface area contributed by atoms with Crippen molar-refractivity contribution in [3.8, 4) is 0 Å². The van der Waals surface area contributed by atoms with E-state index in [4.69, 9.17) is 5.11 Å². The average molecular weight is 297 g/mol. The highest BCUT2D eigenvalue weighted by Crippen LogP contribution is 2.32. The Labute approximate surface area is 119 Å². The summed E-state index contributed by atoms with van der Waals surface area (Å²) in [5.41, 5.74) is 0.151. The highest BCUT2D eigenvalue weighted by Gasteiger charge is 2.32. The van der Waals surface area contributed by atoms with Crippen molar-refractivity contribution in [1.29, 1.82) is 0 Å². The quantitative estimate of drug-likeness (QED) is 0.928. The van der Waals surface area contributed by atoms with Gasteiger partial charge in [0, 0.05) is 13.1 Å². The third-order valence-corrected chi connectivity index (χ3v) is 5.69. The van der Waals surface area contributed by atoms with Crippen LogP contribution in [0.25, 0.3) is 0 Å². The summed E-state index contributed by atoms with van der Waals surface area (Å²) in [5, 5.41) is 8.95. The fraction of sp³-hybridized carbons (Fsp3) is 0.500. The van der Waals surface area contributed by atoms with Crippen LogP contribution in [0, 0.1) is 5.41 Å². The van der Waals surface area contributed by atoms with Gasteiger partial charge < -0.3 is 5.11 Å². The van der Waals surface area contributed by atoms with Crippen LogP contribution in [0.15, 0.2) is 29.2 Å². The lowest BCUT2D eigenvalue weighted by Gasteiger charge is -2.36. The van der Waals surface area contributed by atoms with Gasteiger partial charge in [0.25, 0.3) is 0 Å². The van der Waals surface area contributed by atoms with E-state index in [1.807, 2.05) is 0 Å². The molecular formula is C14H19NO4S. The second kappa shape index (κ2) is 5.18. The minimum absolute atomic E-state index is 0.0107. The van der Waals surface area contributed by atoms with Crippen LogP contribution < -0.4 is 0 Å². The van der Waals surface area contributed by atoms with Gasteiger partial charge in [-0.15, -0.1) is 0 Å². The largest absolute Gasteiger partial charge is 0.478 e. The van der Waals surface area contributed by atoms with Crippen molar-refractivity contribution >= 4 is 16.0 Å². The number of hydrogen-bond acceptors (Lipinski definition) is 3. The van der Waals surface area contributed by atoms with Crippen LogP contribution in [0.5, 0.6) is 0 Å². The van der Waals surface area contributed by atoms with E-state index in [-0.39, 0.29) is 15.9 Å². The van der Waals surface area contributed by atoms with E-state index in [1.165, 1.54) is 28.6 Å². The number of hydrogen-bond donors (Lipinski definition) is 1. The van der Waals surface area contributed by atoms with E-state index in [0.29, 0.717) is 13.1 Å². The minimum Gasteiger partial charge on any atom is -0.478 e. The third kappa shape index (κ3) is 3.02. The maximum absolute atomic E-state index is 12.5. The summed E-state index contributed by atoms with van der Waals surface area (Å²) >= 11 is 0. The Bertz CT molecular complexity index is 612. The van der Waals surface area contributed by atoms with E-state index in [1.54, 1.807) is 0 Å². The summed E-state index contributed by atoms with van der Waals surface area (Å²) in [7, 11) is -3.60. The van der Waals surface area contributed by atoms with Gasteiger partial charge in [-0.25, -0.2) is 13.2 Å². The van der Waals surface area contributed by atoms with E-state index in [9.17, 15) is 13.2 Å². The van der Waals surface area contributed by atoms with Crippen LogP contribution in [-0.4, -0.2) is 36.9 Å². The van der Waals surface area contributed by atoms with Crippen LogP contribution in [0.2, 0.25) is 0 Å². The molecule has 0 unspecified atom stereocenters. The zero-order valence-corrected chi connectivity index (χ0v) is 12.5. The fourth-order valence-electron chi connectivity index (χ4n) is 2.27. The standard InChI is InChI=1S/C14H19NO4S/c1-14(2)6-8-15(9-7-14)20(18,19)12-5-3-4-11(10-12)13(16)17/h3-5,10H,6-9H2,1-2H3,(H,16,17). The summed E-state index contributed by atoms with van der Waals surface area (Å²) in [6, 6.07) is 5.52. The molecule has 0 atom stereocenters. The lowest BCUT2D eigenvalue weighted by molar-refractivity contribution is 0.0696. The Morgan fingerprint density at radius 1 is 1.25 bits per heavy atom. The predicted molar refractivity (Wildman–Crippen MR) is 75.2 cm³/mol. The Balaban J connectivity index is 2.27. The number of rotatable bonds is 3. The van der Waals surface area contributed by atoms with Crippen molar-refractivity contribution in [1.82, 2.24) is 4.31 Å².